The molecule has 9 nitrogen and oxygen atoms in total. The lowest BCUT2D eigenvalue weighted by Crippen LogP contribution is -2.35. The quantitative estimate of drug-likeness (QED) is 0.386. The molecule has 186 valence electrons. The van der Waals surface area contributed by atoms with Gasteiger partial charge in [-0.3, -0.25) is 14.3 Å². The van der Waals surface area contributed by atoms with E-state index in [1.54, 1.807) is 6.07 Å². The molecule has 0 aliphatic heterocycles. The van der Waals surface area contributed by atoms with E-state index in [9.17, 15) is 14.7 Å². The second-order valence-electron chi connectivity index (χ2n) is 9.06. The van der Waals surface area contributed by atoms with Gasteiger partial charge in [0, 0.05) is 23.2 Å². The summed E-state index contributed by atoms with van der Waals surface area (Å²) in [6.45, 7) is 6.14. The maximum Gasteiger partial charge on any atom is 0.288 e. The van der Waals surface area contributed by atoms with Crippen molar-refractivity contribution in [3.05, 3.63) is 48.0 Å². The molecule has 1 aromatic carbocycles. The summed E-state index contributed by atoms with van der Waals surface area (Å²) in [7, 11) is 0. The lowest BCUT2D eigenvalue weighted by Gasteiger charge is -2.15. The average molecular weight is 480 g/mol. The zero-order valence-corrected chi connectivity index (χ0v) is 20.5. The van der Waals surface area contributed by atoms with Crippen LogP contribution in [-0.2, 0) is 6.54 Å². The Morgan fingerprint density at radius 3 is 2.57 bits per heavy atom. The van der Waals surface area contributed by atoms with Crippen LogP contribution in [-0.4, -0.2) is 50.4 Å². The van der Waals surface area contributed by atoms with Crippen molar-refractivity contribution in [1.29, 1.82) is 0 Å². The van der Waals surface area contributed by atoms with Crippen molar-refractivity contribution < 1.29 is 19.1 Å². The minimum absolute atomic E-state index is 0.0791. The van der Waals surface area contributed by atoms with Gasteiger partial charge in [0.2, 0.25) is 11.7 Å². The summed E-state index contributed by atoms with van der Waals surface area (Å²) < 4.78 is 7.27. The Hall–Kier alpha value is -3.46. The van der Waals surface area contributed by atoms with Crippen LogP contribution in [0.15, 0.2) is 40.9 Å². The number of aliphatic hydroxyl groups is 1. The van der Waals surface area contributed by atoms with Gasteiger partial charge in [0.1, 0.15) is 5.69 Å². The Kier molecular flexibility index (Phi) is 7.65. The first-order chi connectivity index (χ1) is 16.9. The first kappa shape index (κ1) is 24.7. The number of nitrogens with zero attached hydrogens (tertiary/aromatic N) is 3. The minimum atomic E-state index is -0.268. The van der Waals surface area contributed by atoms with Crippen LogP contribution in [0.1, 0.15) is 67.5 Å². The van der Waals surface area contributed by atoms with Crippen LogP contribution in [0.3, 0.4) is 0 Å². The van der Waals surface area contributed by atoms with E-state index in [2.05, 4.69) is 20.7 Å². The zero-order chi connectivity index (χ0) is 24.9. The first-order valence-electron chi connectivity index (χ1n) is 12.3. The number of carbonyl (C=O) groups is 2. The van der Waals surface area contributed by atoms with Crippen LogP contribution in [0.2, 0.25) is 0 Å². The number of carbonyl (C=O) groups excluding carboxylic acids is 2. The molecule has 1 unspecified atom stereocenters. The first-order valence-corrected chi connectivity index (χ1v) is 12.3. The number of amides is 2. The fourth-order valence-corrected chi connectivity index (χ4v) is 4.07. The van der Waals surface area contributed by atoms with Gasteiger partial charge in [-0.05, 0) is 56.7 Å². The van der Waals surface area contributed by atoms with Gasteiger partial charge in [0.15, 0.2) is 0 Å². The van der Waals surface area contributed by atoms with E-state index >= 15 is 0 Å². The lowest BCUT2D eigenvalue weighted by molar-refractivity contribution is 0.0905. The van der Waals surface area contributed by atoms with Crippen LogP contribution in [0, 0.1) is 5.92 Å². The number of benzene rings is 1. The van der Waals surface area contributed by atoms with Crippen LogP contribution in [0.25, 0.3) is 22.7 Å². The number of aliphatic hydroxyl groups excluding tert-OH is 1. The molecule has 1 atom stereocenters. The predicted molar refractivity (Wildman–Crippen MR) is 132 cm³/mol. The normalized spacial score (nSPS) is 14.2. The molecule has 0 spiro atoms. The van der Waals surface area contributed by atoms with Gasteiger partial charge >= 0.3 is 0 Å². The Morgan fingerprint density at radius 2 is 1.89 bits per heavy atom. The fourth-order valence-electron chi connectivity index (χ4n) is 4.07. The summed E-state index contributed by atoms with van der Waals surface area (Å²) in [6, 6.07) is 9.34. The van der Waals surface area contributed by atoms with Crippen LogP contribution in [0.5, 0.6) is 0 Å². The van der Waals surface area contributed by atoms with E-state index in [0.29, 0.717) is 28.8 Å². The zero-order valence-electron chi connectivity index (χ0n) is 20.5. The van der Waals surface area contributed by atoms with Crippen molar-refractivity contribution >= 4 is 11.8 Å². The minimum Gasteiger partial charge on any atom is -0.431 e. The molecule has 2 heterocycles. The lowest BCUT2D eigenvalue weighted by atomic mass is 10.1. The van der Waals surface area contributed by atoms with Crippen LogP contribution < -0.4 is 10.6 Å². The van der Waals surface area contributed by atoms with E-state index < -0.39 is 0 Å². The third kappa shape index (κ3) is 5.79. The Balaban J connectivity index is 1.55. The summed E-state index contributed by atoms with van der Waals surface area (Å²) in [5.41, 5.74) is 2.45. The van der Waals surface area contributed by atoms with Gasteiger partial charge in [-0.15, -0.1) is 0 Å². The maximum atomic E-state index is 12.9. The molecule has 1 saturated carbocycles. The number of rotatable bonds is 11. The monoisotopic (exact) mass is 479 g/mol. The molecule has 1 aliphatic rings. The highest BCUT2D eigenvalue weighted by Crippen LogP contribution is 2.32. The van der Waals surface area contributed by atoms with Gasteiger partial charge in [-0.25, -0.2) is 4.98 Å². The summed E-state index contributed by atoms with van der Waals surface area (Å²) in [5.74, 6) is 0.564. The summed E-state index contributed by atoms with van der Waals surface area (Å²) in [4.78, 5) is 29.7. The molecule has 3 aromatic rings. The molecule has 1 aliphatic carbocycles. The van der Waals surface area contributed by atoms with Crippen molar-refractivity contribution in [3.63, 3.8) is 0 Å². The Morgan fingerprint density at radius 1 is 1.14 bits per heavy atom. The van der Waals surface area contributed by atoms with Gasteiger partial charge < -0.3 is 20.2 Å². The largest absolute Gasteiger partial charge is 0.431 e. The van der Waals surface area contributed by atoms with Gasteiger partial charge in [0.25, 0.3) is 11.8 Å². The highest BCUT2D eigenvalue weighted by molar-refractivity contribution is 5.94. The number of aromatic nitrogens is 3. The fraction of sp³-hybridized carbons (Fsp3) is 0.462. The van der Waals surface area contributed by atoms with Crippen molar-refractivity contribution in [1.82, 2.24) is 25.4 Å². The standard InChI is InChI=1S/C26H33N5O4/c1-4-20(5-2)29-24(33)22-14-21(30-31(22)11-12-32)18-7-6-8-19(13-18)26-27-15-23(35-26)25(34)28-16(3)17-9-10-17/h6-8,13-17,20,32H,4-5,9-12H2,1-3H3,(H,28,34)(H,29,33). The van der Waals surface area contributed by atoms with Crippen molar-refractivity contribution in [2.24, 2.45) is 5.92 Å². The molecule has 0 bridgehead atoms. The molecule has 9 heteroatoms. The van der Waals surface area contributed by atoms with E-state index in [1.165, 1.54) is 10.9 Å². The third-order valence-corrected chi connectivity index (χ3v) is 6.47. The van der Waals surface area contributed by atoms with Crippen LogP contribution in [0.4, 0.5) is 0 Å². The molecule has 0 radical (unpaired) electrons. The molecule has 3 N–H and O–H groups in total. The number of oxazole rings is 1. The average Bonchev–Trinajstić information content (AvgIpc) is 3.44. The molecular formula is C26H33N5O4. The van der Waals surface area contributed by atoms with E-state index in [0.717, 1.165) is 31.2 Å². The topological polar surface area (TPSA) is 122 Å². The maximum absolute atomic E-state index is 12.9. The highest BCUT2D eigenvalue weighted by Gasteiger charge is 2.30. The Bertz CT molecular complexity index is 1180. The summed E-state index contributed by atoms with van der Waals surface area (Å²) in [6.07, 6.45) is 5.39. The van der Waals surface area contributed by atoms with E-state index in [1.807, 2.05) is 45.0 Å². The second kappa shape index (κ2) is 10.9. The van der Waals surface area contributed by atoms with Crippen molar-refractivity contribution in [2.45, 2.75) is 65.1 Å². The van der Waals surface area contributed by atoms with Crippen molar-refractivity contribution in [3.8, 4) is 22.7 Å². The smallest absolute Gasteiger partial charge is 0.288 e. The predicted octanol–water partition coefficient (Wildman–Crippen LogP) is 3.64. The molecule has 4 rings (SSSR count). The van der Waals surface area contributed by atoms with Gasteiger partial charge in [-0.2, -0.15) is 5.10 Å². The SMILES string of the molecule is CCC(CC)NC(=O)c1cc(-c2cccc(-c3ncc(C(=O)NC(C)C4CC4)o3)c2)nn1CCO. The molecule has 2 amide bonds. The van der Waals surface area contributed by atoms with Crippen LogP contribution >= 0.6 is 0 Å². The number of nitrogens with one attached hydrogen (secondary N) is 2. The molecular weight excluding hydrogens is 446 g/mol. The molecule has 1 fully saturated rings. The van der Waals surface area contributed by atoms with Gasteiger partial charge in [0.05, 0.1) is 25.0 Å². The van der Waals surface area contributed by atoms with Gasteiger partial charge in [-0.1, -0.05) is 26.0 Å². The Labute approximate surface area is 204 Å². The summed E-state index contributed by atoms with van der Waals surface area (Å²) >= 11 is 0. The number of hydrogen-bond acceptors (Lipinski definition) is 6. The molecule has 2 aromatic heterocycles. The second-order valence-corrected chi connectivity index (χ2v) is 9.06. The molecule has 35 heavy (non-hydrogen) atoms. The molecule has 0 saturated heterocycles. The number of hydrogen-bond donors (Lipinski definition) is 3. The summed E-state index contributed by atoms with van der Waals surface area (Å²) in [5, 5.41) is 20.0. The van der Waals surface area contributed by atoms with E-state index in [-0.39, 0.29) is 42.8 Å². The third-order valence-electron chi connectivity index (χ3n) is 6.47. The van der Waals surface area contributed by atoms with Crippen molar-refractivity contribution in [2.75, 3.05) is 6.61 Å². The highest BCUT2D eigenvalue weighted by atomic mass is 16.4. The van der Waals surface area contributed by atoms with E-state index in [4.69, 9.17) is 4.42 Å².